The Morgan fingerprint density at radius 2 is 2.50 bits per heavy atom. The first-order chi connectivity index (χ1) is 6.85. The summed E-state index contributed by atoms with van der Waals surface area (Å²) in [5.41, 5.74) is 1.51. The molecule has 0 fully saturated rings. The van der Waals surface area contributed by atoms with Crippen molar-refractivity contribution in [1.29, 1.82) is 0 Å². The smallest absolute Gasteiger partial charge is 0.138 e. The molecule has 0 aromatic carbocycles. The molecule has 0 aliphatic rings. The fraction of sp³-hybridized carbons (Fsp3) is 0.111. The second-order valence-electron chi connectivity index (χ2n) is 2.76. The van der Waals surface area contributed by atoms with E-state index in [1.54, 1.807) is 19.5 Å². The molecule has 0 bridgehead atoms. The Labute approximate surface area is 80.0 Å². The second-order valence-corrected chi connectivity index (χ2v) is 2.76. The Bertz CT molecular complexity index is 476. The number of nitrogens with zero attached hydrogens (tertiary/aromatic N) is 2. The van der Waals surface area contributed by atoms with Gasteiger partial charge in [-0.05, 0) is 6.07 Å². The number of hydrogen-bond acceptors (Lipinski definition) is 4. The van der Waals surface area contributed by atoms with Crippen molar-refractivity contribution in [2.75, 3.05) is 7.11 Å². The molecule has 2 aromatic heterocycles. The van der Waals surface area contributed by atoms with E-state index < -0.39 is 0 Å². The van der Waals surface area contributed by atoms with Gasteiger partial charge in [0.2, 0.25) is 0 Å². The lowest BCUT2D eigenvalue weighted by atomic mass is 10.2. The Morgan fingerprint density at radius 3 is 3.21 bits per heavy atom. The first kappa shape index (κ1) is 8.55. The monoisotopic (exact) mass is 191 g/mol. The summed E-state index contributed by atoms with van der Waals surface area (Å²) in [6.07, 6.45) is 4.69. The molecule has 0 atom stereocenters. The summed E-state index contributed by atoms with van der Waals surface area (Å²) in [4.78, 5) is 7.09. The number of aromatic nitrogens is 2. The summed E-state index contributed by atoms with van der Waals surface area (Å²) in [7, 11) is 1.58. The third kappa shape index (κ3) is 1.28. The number of aromatic amines is 1. The summed E-state index contributed by atoms with van der Waals surface area (Å²) in [5, 5.41) is 12.3. The van der Waals surface area contributed by atoms with Crippen LogP contribution in [0.1, 0.15) is 5.56 Å². The van der Waals surface area contributed by atoms with Crippen molar-refractivity contribution in [3.05, 3.63) is 24.0 Å². The number of pyridine rings is 1. The van der Waals surface area contributed by atoms with Crippen LogP contribution in [-0.4, -0.2) is 28.5 Å². The van der Waals surface area contributed by atoms with Gasteiger partial charge in [0, 0.05) is 17.1 Å². The van der Waals surface area contributed by atoms with Crippen molar-refractivity contribution in [1.82, 2.24) is 9.97 Å². The van der Waals surface area contributed by atoms with Gasteiger partial charge in [-0.3, -0.25) is 0 Å². The molecular formula is C9H9N3O2. The molecule has 5 heteroatoms. The molecule has 2 heterocycles. The topological polar surface area (TPSA) is 70.5 Å². The van der Waals surface area contributed by atoms with Gasteiger partial charge in [0.25, 0.3) is 0 Å². The normalized spacial score (nSPS) is 11.2. The first-order valence-corrected chi connectivity index (χ1v) is 4.03. The minimum atomic E-state index is 0.671. The van der Waals surface area contributed by atoms with Crippen LogP contribution in [0.3, 0.4) is 0 Å². The van der Waals surface area contributed by atoms with Crippen LogP contribution in [0.4, 0.5) is 0 Å². The lowest BCUT2D eigenvalue weighted by molar-refractivity contribution is 0.322. The Morgan fingerprint density at radius 1 is 1.64 bits per heavy atom. The summed E-state index contributed by atoms with van der Waals surface area (Å²) < 4.78 is 5.04. The number of oxime groups is 1. The van der Waals surface area contributed by atoms with Crippen LogP contribution >= 0.6 is 0 Å². The minimum absolute atomic E-state index is 0.671. The van der Waals surface area contributed by atoms with Crippen LogP contribution in [0.2, 0.25) is 0 Å². The SMILES string of the molecule is COc1cnc2[nH]cc(C=NO)c2c1. The Hall–Kier alpha value is -2.04. The molecule has 2 N–H and O–H groups in total. The van der Waals surface area contributed by atoms with E-state index in [9.17, 15) is 0 Å². The molecule has 0 saturated heterocycles. The van der Waals surface area contributed by atoms with Crippen LogP contribution in [0.5, 0.6) is 5.75 Å². The molecule has 0 unspecified atom stereocenters. The van der Waals surface area contributed by atoms with Gasteiger partial charge in [0.1, 0.15) is 11.4 Å². The van der Waals surface area contributed by atoms with E-state index in [0.717, 1.165) is 16.6 Å². The van der Waals surface area contributed by atoms with E-state index in [1.165, 1.54) is 6.21 Å². The molecule has 5 nitrogen and oxygen atoms in total. The van der Waals surface area contributed by atoms with Crippen molar-refractivity contribution in [2.24, 2.45) is 5.16 Å². The molecule has 0 radical (unpaired) electrons. The van der Waals surface area contributed by atoms with E-state index in [1.807, 2.05) is 6.07 Å². The molecule has 0 amide bonds. The third-order valence-corrected chi connectivity index (χ3v) is 1.97. The zero-order valence-corrected chi connectivity index (χ0v) is 7.56. The highest BCUT2D eigenvalue weighted by molar-refractivity contribution is 5.97. The lowest BCUT2D eigenvalue weighted by Crippen LogP contribution is -1.85. The number of methoxy groups -OCH3 is 1. The van der Waals surface area contributed by atoms with Crippen molar-refractivity contribution in [2.45, 2.75) is 0 Å². The highest BCUT2D eigenvalue weighted by atomic mass is 16.5. The van der Waals surface area contributed by atoms with Crippen LogP contribution in [0, 0.1) is 0 Å². The van der Waals surface area contributed by atoms with E-state index in [0.29, 0.717) is 5.75 Å². The van der Waals surface area contributed by atoms with Gasteiger partial charge in [-0.1, -0.05) is 5.16 Å². The van der Waals surface area contributed by atoms with Gasteiger partial charge >= 0.3 is 0 Å². The third-order valence-electron chi connectivity index (χ3n) is 1.97. The Balaban J connectivity index is 2.63. The minimum Gasteiger partial charge on any atom is -0.495 e. The van der Waals surface area contributed by atoms with Gasteiger partial charge in [-0.2, -0.15) is 0 Å². The van der Waals surface area contributed by atoms with Crippen LogP contribution in [0.15, 0.2) is 23.6 Å². The predicted molar refractivity (Wildman–Crippen MR) is 52.0 cm³/mol. The fourth-order valence-electron chi connectivity index (χ4n) is 1.29. The Kier molecular flexibility index (Phi) is 2.06. The maximum atomic E-state index is 8.43. The number of rotatable bonds is 2. The fourth-order valence-corrected chi connectivity index (χ4v) is 1.29. The van der Waals surface area contributed by atoms with Crippen molar-refractivity contribution >= 4 is 17.2 Å². The summed E-state index contributed by atoms with van der Waals surface area (Å²) in [6, 6.07) is 1.83. The highest BCUT2D eigenvalue weighted by Crippen LogP contribution is 2.19. The van der Waals surface area contributed by atoms with Gasteiger partial charge in [0.05, 0.1) is 19.5 Å². The quantitative estimate of drug-likeness (QED) is 0.428. The van der Waals surface area contributed by atoms with E-state index in [2.05, 4.69) is 15.1 Å². The van der Waals surface area contributed by atoms with E-state index in [4.69, 9.17) is 9.94 Å². The van der Waals surface area contributed by atoms with E-state index >= 15 is 0 Å². The molecule has 72 valence electrons. The van der Waals surface area contributed by atoms with Crippen LogP contribution in [-0.2, 0) is 0 Å². The molecule has 0 aliphatic heterocycles. The maximum absolute atomic E-state index is 8.43. The molecule has 2 aromatic rings. The van der Waals surface area contributed by atoms with Gasteiger partial charge < -0.3 is 14.9 Å². The average molecular weight is 191 g/mol. The largest absolute Gasteiger partial charge is 0.495 e. The van der Waals surface area contributed by atoms with Crippen LogP contribution in [0.25, 0.3) is 11.0 Å². The molecule has 2 rings (SSSR count). The average Bonchev–Trinajstić information content (AvgIpc) is 2.61. The van der Waals surface area contributed by atoms with Gasteiger partial charge in [-0.25, -0.2) is 4.98 Å². The number of fused-ring (bicyclic) bond motifs is 1. The number of ether oxygens (including phenoxy) is 1. The highest BCUT2D eigenvalue weighted by Gasteiger charge is 2.03. The molecule has 0 spiro atoms. The van der Waals surface area contributed by atoms with Gasteiger partial charge in [0.15, 0.2) is 0 Å². The summed E-state index contributed by atoms with van der Waals surface area (Å²) >= 11 is 0. The number of nitrogens with one attached hydrogen (secondary N) is 1. The van der Waals surface area contributed by atoms with Crippen LogP contribution < -0.4 is 4.74 Å². The summed E-state index contributed by atoms with van der Waals surface area (Å²) in [6.45, 7) is 0. The number of H-pyrrole nitrogens is 1. The number of hydrogen-bond donors (Lipinski definition) is 2. The van der Waals surface area contributed by atoms with Crippen molar-refractivity contribution < 1.29 is 9.94 Å². The molecular weight excluding hydrogens is 182 g/mol. The lowest BCUT2D eigenvalue weighted by Gasteiger charge is -1.97. The second kappa shape index (κ2) is 3.37. The van der Waals surface area contributed by atoms with Crippen molar-refractivity contribution in [3.63, 3.8) is 0 Å². The standard InChI is InChI=1S/C9H9N3O2/c1-14-7-2-8-6(4-12-13)3-10-9(8)11-5-7/h2-5,13H,1H3,(H,10,11). The zero-order chi connectivity index (χ0) is 9.97. The predicted octanol–water partition coefficient (Wildman–Crippen LogP) is 1.38. The van der Waals surface area contributed by atoms with Crippen molar-refractivity contribution in [3.8, 4) is 5.75 Å². The summed E-state index contributed by atoms with van der Waals surface area (Å²) in [5.74, 6) is 0.671. The molecule has 14 heavy (non-hydrogen) atoms. The molecule has 0 aliphatic carbocycles. The van der Waals surface area contributed by atoms with Gasteiger partial charge in [-0.15, -0.1) is 0 Å². The van der Waals surface area contributed by atoms with E-state index in [-0.39, 0.29) is 0 Å². The maximum Gasteiger partial charge on any atom is 0.138 e. The molecule has 0 saturated carbocycles. The zero-order valence-electron chi connectivity index (χ0n) is 7.56. The first-order valence-electron chi connectivity index (χ1n) is 4.03.